The van der Waals surface area contributed by atoms with Crippen molar-refractivity contribution in [3.63, 3.8) is 0 Å². The molecule has 0 unspecified atom stereocenters. The Morgan fingerprint density at radius 1 is 1.04 bits per heavy atom. The van der Waals surface area contributed by atoms with Crippen LogP contribution in [-0.4, -0.2) is 20.5 Å². The van der Waals surface area contributed by atoms with Gasteiger partial charge in [-0.15, -0.1) is 0 Å². The van der Waals surface area contributed by atoms with Crippen molar-refractivity contribution in [1.82, 2.24) is 0 Å². The molecule has 0 radical (unpaired) electrons. The second-order valence-electron chi connectivity index (χ2n) is 5.38. The van der Waals surface area contributed by atoms with E-state index in [2.05, 4.69) is 4.72 Å². The summed E-state index contributed by atoms with van der Waals surface area (Å²) in [6.07, 6.45) is -0.202. The van der Waals surface area contributed by atoms with Gasteiger partial charge >= 0.3 is 5.97 Å². The lowest BCUT2D eigenvalue weighted by Crippen LogP contribution is -2.15. The minimum Gasteiger partial charge on any atom is -0.459 e. The number of hydrogen-bond acceptors (Lipinski definition) is 4. The maximum Gasteiger partial charge on any atom is 0.338 e. The van der Waals surface area contributed by atoms with E-state index in [4.69, 9.17) is 4.74 Å². The summed E-state index contributed by atoms with van der Waals surface area (Å²) in [7, 11) is -3.51. The first-order valence-corrected chi connectivity index (χ1v) is 8.86. The van der Waals surface area contributed by atoms with E-state index in [1.165, 1.54) is 12.1 Å². The highest BCUT2D eigenvalue weighted by Gasteiger charge is 2.13. The number of esters is 1. The van der Waals surface area contributed by atoms with Crippen LogP contribution in [0.3, 0.4) is 0 Å². The molecule has 0 spiro atoms. The lowest BCUT2D eigenvalue weighted by molar-refractivity contribution is 0.0378. The SMILES string of the molecule is CC(C)OC(=O)c1ccc(NS(=O)(=O)Cc2ccccc2)cc1. The molecular weight excluding hydrogens is 314 g/mol. The molecule has 0 amide bonds. The van der Waals surface area contributed by atoms with Crippen LogP contribution < -0.4 is 4.72 Å². The minimum absolute atomic E-state index is 0.106. The molecule has 5 nitrogen and oxygen atoms in total. The molecule has 0 fully saturated rings. The number of ether oxygens (including phenoxy) is 1. The number of carbonyl (C=O) groups is 1. The maximum atomic E-state index is 12.1. The van der Waals surface area contributed by atoms with Gasteiger partial charge in [-0.1, -0.05) is 30.3 Å². The number of sulfonamides is 1. The van der Waals surface area contributed by atoms with E-state index in [1.54, 1.807) is 50.2 Å². The molecule has 0 saturated heterocycles. The Balaban J connectivity index is 2.04. The van der Waals surface area contributed by atoms with E-state index in [0.717, 1.165) is 0 Å². The van der Waals surface area contributed by atoms with Crippen LogP contribution in [0.5, 0.6) is 0 Å². The fourth-order valence-corrected chi connectivity index (χ4v) is 3.16. The zero-order valence-electron chi connectivity index (χ0n) is 13.0. The molecule has 122 valence electrons. The minimum atomic E-state index is -3.51. The molecule has 1 N–H and O–H groups in total. The smallest absolute Gasteiger partial charge is 0.338 e. The molecule has 0 aromatic heterocycles. The molecule has 6 heteroatoms. The summed E-state index contributed by atoms with van der Waals surface area (Å²) in [4.78, 5) is 11.7. The van der Waals surface area contributed by atoms with E-state index in [9.17, 15) is 13.2 Å². The lowest BCUT2D eigenvalue weighted by Gasteiger charge is -2.10. The molecule has 0 aliphatic carbocycles. The summed E-state index contributed by atoms with van der Waals surface area (Å²) in [6, 6.07) is 15.1. The first-order valence-electron chi connectivity index (χ1n) is 7.21. The van der Waals surface area contributed by atoms with Crippen LogP contribution in [0.25, 0.3) is 0 Å². The Labute approximate surface area is 136 Å². The van der Waals surface area contributed by atoms with Gasteiger partial charge in [-0.2, -0.15) is 0 Å². The van der Waals surface area contributed by atoms with Crippen molar-refractivity contribution < 1.29 is 17.9 Å². The predicted octanol–water partition coefficient (Wildman–Crippen LogP) is 3.19. The predicted molar refractivity (Wildman–Crippen MR) is 89.7 cm³/mol. The van der Waals surface area contributed by atoms with Gasteiger partial charge in [0.1, 0.15) is 0 Å². The van der Waals surface area contributed by atoms with E-state index < -0.39 is 16.0 Å². The molecule has 0 saturated carbocycles. The van der Waals surface area contributed by atoms with Crippen LogP contribution in [-0.2, 0) is 20.5 Å². The Hall–Kier alpha value is -2.34. The monoisotopic (exact) mass is 333 g/mol. The van der Waals surface area contributed by atoms with Crippen LogP contribution in [0.4, 0.5) is 5.69 Å². The van der Waals surface area contributed by atoms with Crippen molar-refractivity contribution in [3.05, 3.63) is 65.7 Å². The van der Waals surface area contributed by atoms with Crippen LogP contribution in [0.15, 0.2) is 54.6 Å². The first kappa shape index (κ1) is 17.0. The molecule has 0 bridgehead atoms. The lowest BCUT2D eigenvalue weighted by atomic mass is 10.2. The standard InChI is InChI=1S/C17H19NO4S/c1-13(2)22-17(19)15-8-10-16(11-9-15)18-23(20,21)12-14-6-4-3-5-7-14/h3-11,13,18H,12H2,1-2H3. The average Bonchev–Trinajstić information content (AvgIpc) is 2.47. The highest BCUT2D eigenvalue weighted by atomic mass is 32.2. The van der Waals surface area contributed by atoms with Gasteiger partial charge in [0.15, 0.2) is 0 Å². The molecule has 0 aliphatic rings. The van der Waals surface area contributed by atoms with Gasteiger partial charge in [0.05, 0.1) is 17.4 Å². The highest BCUT2D eigenvalue weighted by molar-refractivity contribution is 7.91. The number of rotatable bonds is 6. The zero-order valence-corrected chi connectivity index (χ0v) is 13.8. The fraction of sp³-hybridized carbons (Fsp3) is 0.235. The second kappa shape index (κ2) is 7.28. The highest BCUT2D eigenvalue weighted by Crippen LogP contribution is 2.15. The van der Waals surface area contributed by atoms with Crippen molar-refractivity contribution >= 4 is 21.7 Å². The Kier molecular flexibility index (Phi) is 5.39. The Bertz CT molecular complexity index is 753. The molecule has 2 aromatic carbocycles. The Morgan fingerprint density at radius 3 is 2.22 bits per heavy atom. The van der Waals surface area contributed by atoms with E-state index in [0.29, 0.717) is 16.8 Å². The van der Waals surface area contributed by atoms with E-state index in [1.807, 2.05) is 6.07 Å². The van der Waals surface area contributed by atoms with Gasteiger partial charge in [0, 0.05) is 5.69 Å². The first-order chi connectivity index (χ1) is 10.9. The third kappa shape index (κ3) is 5.41. The number of nitrogens with one attached hydrogen (secondary N) is 1. The molecule has 0 atom stereocenters. The third-order valence-corrected chi connectivity index (χ3v) is 4.20. The van der Waals surface area contributed by atoms with Gasteiger partial charge in [-0.25, -0.2) is 13.2 Å². The summed E-state index contributed by atoms with van der Waals surface area (Å²) >= 11 is 0. The van der Waals surface area contributed by atoms with Crippen molar-refractivity contribution in [2.75, 3.05) is 4.72 Å². The third-order valence-electron chi connectivity index (χ3n) is 2.94. The number of hydrogen-bond donors (Lipinski definition) is 1. The summed E-state index contributed by atoms with van der Waals surface area (Å²) < 4.78 is 31.8. The fourth-order valence-electron chi connectivity index (χ4n) is 1.97. The van der Waals surface area contributed by atoms with Gasteiger partial charge in [0.2, 0.25) is 10.0 Å². The molecule has 2 aromatic rings. The zero-order chi connectivity index (χ0) is 16.9. The maximum absolute atomic E-state index is 12.1. The molecule has 0 heterocycles. The number of benzene rings is 2. The largest absolute Gasteiger partial charge is 0.459 e. The summed E-state index contributed by atoms with van der Waals surface area (Å²) in [6.45, 7) is 3.54. The molecule has 23 heavy (non-hydrogen) atoms. The molecule has 0 aliphatic heterocycles. The molecular formula is C17H19NO4S. The summed E-state index contributed by atoms with van der Waals surface area (Å²) in [5.41, 5.74) is 1.49. The summed E-state index contributed by atoms with van der Waals surface area (Å²) in [5.74, 6) is -0.538. The van der Waals surface area contributed by atoms with Crippen molar-refractivity contribution in [2.24, 2.45) is 0 Å². The molecule has 2 rings (SSSR count). The van der Waals surface area contributed by atoms with Crippen LogP contribution >= 0.6 is 0 Å². The van der Waals surface area contributed by atoms with Gasteiger partial charge in [-0.3, -0.25) is 4.72 Å². The van der Waals surface area contributed by atoms with Crippen LogP contribution in [0, 0.1) is 0 Å². The summed E-state index contributed by atoms with van der Waals surface area (Å²) in [5, 5.41) is 0. The normalized spacial score (nSPS) is 11.3. The van der Waals surface area contributed by atoms with Crippen LogP contribution in [0.2, 0.25) is 0 Å². The number of carbonyl (C=O) groups excluding carboxylic acids is 1. The Morgan fingerprint density at radius 2 is 1.65 bits per heavy atom. The second-order valence-corrected chi connectivity index (χ2v) is 7.10. The topological polar surface area (TPSA) is 72.5 Å². The van der Waals surface area contributed by atoms with Gasteiger partial charge in [-0.05, 0) is 43.7 Å². The van der Waals surface area contributed by atoms with E-state index >= 15 is 0 Å². The van der Waals surface area contributed by atoms with Crippen molar-refractivity contribution in [2.45, 2.75) is 25.7 Å². The van der Waals surface area contributed by atoms with Crippen LogP contribution in [0.1, 0.15) is 29.8 Å². The van der Waals surface area contributed by atoms with Gasteiger partial charge < -0.3 is 4.74 Å². The average molecular weight is 333 g/mol. The van der Waals surface area contributed by atoms with E-state index in [-0.39, 0.29) is 11.9 Å². The van der Waals surface area contributed by atoms with Crippen molar-refractivity contribution in [1.29, 1.82) is 0 Å². The van der Waals surface area contributed by atoms with Crippen molar-refractivity contribution in [3.8, 4) is 0 Å². The quantitative estimate of drug-likeness (QED) is 0.824. The number of anilines is 1. The van der Waals surface area contributed by atoms with Gasteiger partial charge in [0.25, 0.3) is 0 Å².